The maximum Gasteiger partial charge on any atom is 0.119 e. The van der Waals surface area contributed by atoms with Crippen molar-refractivity contribution in [3.8, 4) is 5.75 Å². The van der Waals surface area contributed by atoms with Gasteiger partial charge in [0, 0.05) is 12.0 Å². The first-order chi connectivity index (χ1) is 14.0. The normalized spacial score (nSPS) is 43.7. The third kappa shape index (κ3) is 2.22. The zero-order valence-corrected chi connectivity index (χ0v) is 18.2. The van der Waals surface area contributed by atoms with Gasteiger partial charge in [0.25, 0.3) is 0 Å². The Bertz CT molecular complexity index is 778. The molecule has 4 aliphatic carbocycles. The molecule has 0 amide bonds. The minimum absolute atomic E-state index is 0.392. The van der Waals surface area contributed by atoms with Gasteiger partial charge in [-0.3, -0.25) is 0 Å². The molecule has 1 aromatic rings. The van der Waals surface area contributed by atoms with E-state index in [-0.39, 0.29) is 0 Å². The van der Waals surface area contributed by atoms with Crippen LogP contribution in [0.1, 0.15) is 64.4 Å². The number of nitrogens with zero attached hydrogens (tertiary/aromatic N) is 1. The van der Waals surface area contributed by atoms with Crippen LogP contribution in [0.2, 0.25) is 0 Å². The number of aliphatic hydroxyl groups excluding tert-OH is 1. The molecule has 1 saturated heterocycles. The van der Waals surface area contributed by atoms with Gasteiger partial charge in [-0.15, -0.1) is 0 Å². The van der Waals surface area contributed by atoms with E-state index in [2.05, 4.69) is 43.0 Å². The summed E-state index contributed by atoms with van der Waals surface area (Å²) < 4.78 is 5.95. The van der Waals surface area contributed by atoms with Crippen LogP contribution in [0.3, 0.4) is 0 Å². The van der Waals surface area contributed by atoms with E-state index in [9.17, 15) is 5.11 Å². The van der Waals surface area contributed by atoms with Crippen LogP contribution in [-0.4, -0.2) is 42.4 Å². The number of likely N-dealkylation sites (tertiary alicyclic amines) is 1. The first kappa shape index (κ1) is 18.7. The van der Waals surface area contributed by atoms with E-state index in [0.717, 1.165) is 43.1 Å². The third-order valence-corrected chi connectivity index (χ3v) is 10.3. The molecule has 158 valence electrons. The topological polar surface area (TPSA) is 32.7 Å². The van der Waals surface area contributed by atoms with E-state index in [1.165, 1.54) is 44.9 Å². The first-order valence-electron chi connectivity index (χ1n) is 12.2. The summed E-state index contributed by atoms with van der Waals surface area (Å²) in [7, 11) is 0. The zero-order chi connectivity index (χ0) is 19.9. The van der Waals surface area contributed by atoms with E-state index in [0.29, 0.717) is 22.9 Å². The van der Waals surface area contributed by atoms with Gasteiger partial charge in [-0.05, 0) is 104 Å². The lowest BCUT2D eigenvalue weighted by Gasteiger charge is -2.96. The van der Waals surface area contributed by atoms with E-state index in [4.69, 9.17) is 4.74 Å². The van der Waals surface area contributed by atoms with Crippen molar-refractivity contribution in [2.24, 2.45) is 28.6 Å². The van der Waals surface area contributed by atoms with Gasteiger partial charge < -0.3 is 14.7 Å². The van der Waals surface area contributed by atoms with Crippen molar-refractivity contribution < 1.29 is 9.84 Å². The van der Waals surface area contributed by atoms with Crippen LogP contribution in [0.4, 0.5) is 0 Å². The molecule has 3 nitrogen and oxygen atoms in total. The van der Waals surface area contributed by atoms with Gasteiger partial charge in [0.1, 0.15) is 18.5 Å². The predicted octanol–water partition coefficient (Wildman–Crippen LogP) is 4.63. The fourth-order valence-corrected chi connectivity index (χ4v) is 9.09. The van der Waals surface area contributed by atoms with Crippen molar-refractivity contribution in [2.75, 3.05) is 26.2 Å². The van der Waals surface area contributed by atoms with Crippen molar-refractivity contribution in [3.63, 3.8) is 0 Å². The maximum atomic E-state index is 10.4. The molecule has 6 rings (SSSR count). The molecular weight excluding hydrogens is 358 g/mol. The molecule has 5 fully saturated rings. The van der Waals surface area contributed by atoms with Crippen LogP contribution in [0.5, 0.6) is 5.75 Å². The second kappa shape index (κ2) is 6.23. The lowest BCUT2D eigenvalue weighted by atomic mass is 9.07. The van der Waals surface area contributed by atoms with Crippen LogP contribution in [0, 0.1) is 28.6 Å². The molecule has 29 heavy (non-hydrogen) atoms. The quantitative estimate of drug-likeness (QED) is 0.731. The van der Waals surface area contributed by atoms with E-state index < -0.39 is 6.10 Å². The number of piperidine rings is 1. The fourth-order valence-electron chi connectivity index (χ4n) is 9.09. The minimum Gasteiger partial charge on any atom is -0.491 e. The molecule has 1 aliphatic heterocycles. The van der Waals surface area contributed by atoms with Crippen molar-refractivity contribution in [1.29, 1.82) is 0 Å². The Hall–Kier alpha value is -1.06. The molecule has 5 aliphatic rings. The summed E-state index contributed by atoms with van der Waals surface area (Å²) in [6.07, 6.45) is 9.36. The number of aliphatic hydroxyl groups is 1. The number of rotatable bonds is 7. The maximum absolute atomic E-state index is 10.4. The summed E-state index contributed by atoms with van der Waals surface area (Å²) in [5.74, 6) is 3.79. The second-order valence-electron chi connectivity index (χ2n) is 11.3. The zero-order valence-electron chi connectivity index (χ0n) is 18.2. The lowest BCUT2D eigenvalue weighted by molar-refractivity contribution is -0.448. The van der Waals surface area contributed by atoms with Crippen molar-refractivity contribution in [1.82, 2.24) is 4.90 Å². The number of ether oxygens (including phenoxy) is 1. The molecule has 1 heterocycles. The van der Waals surface area contributed by atoms with E-state index in [1.807, 2.05) is 0 Å². The first-order valence-corrected chi connectivity index (χ1v) is 12.2. The fraction of sp³-hybridized carbons (Fsp3) is 0.769. The summed E-state index contributed by atoms with van der Waals surface area (Å²) in [4.78, 5) is 2.38. The second-order valence-corrected chi connectivity index (χ2v) is 11.3. The highest BCUT2D eigenvalue weighted by Gasteiger charge is 2.92. The highest BCUT2D eigenvalue weighted by atomic mass is 16.5. The number of β-amino-alcohol motifs (C(OH)–C–C–N with tert-alkyl or cyclic N) is 1. The third-order valence-electron chi connectivity index (χ3n) is 10.3. The monoisotopic (exact) mass is 395 g/mol. The van der Waals surface area contributed by atoms with E-state index in [1.54, 1.807) is 5.56 Å². The van der Waals surface area contributed by atoms with Gasteiger partial charge in [0.15, 0.2) is 0 Å². The van der Waals surface area contributed by atoms with Crippen LogP contribution in [-0.2, 0) is 5.41 Å². The Morgan fingerprint density at radius 2 is 1.86 bits per heavy atom. The standard InChI is InChI=1S/C26H37NO2/c1-3-24-13-20-12-21-14-25(17-24,26(20,21)24)19-4-6-23(7-5-19)29-16-22(28)15-27-10-8-18(2)9-11-27/h4-7,18,20-22,28H,3,8-17H2,1-2H3. The number of hydrogen-bond acceptors (Lipinski definition) is 3. The van der Waals surface area contributed by atoms with Crippen LogP contribution >= 0.6 is 0 Å². The van der Waals surface area contributed by atoms with Crippen molar-refractivity contribution in [2.45, 2.75) is 70.3 Å². The van der Waals surface area contributed by atoms with Gasteiger partial charge in [0.2, 0.25) is 0 Å². The predicted molar refractivity (Wildman–Crippen MR) is 115 cm³/mol. The van der Waals surface area contributed by atoms with Crippen LogP contribution < -0.4 is 4.74 Å². The minimum atomic E-state index is -0.407. The number of hydrogen-bond donors (Lipinski definition) is 1. The van der Waals surface area contributed by atoms with Gasteiger partial charge in [-0.2, -0.15) is 0 Å². The molecule has 0 radical (unpaired) electrons. The van der Waals surface area contributed by atoms with Crippen LogP contribution in [0.15, 0.2) is 24.3 Å². The van der Waals surface area contributed by atoms with Gasteiger partial charge in [-0.1, -0.05) is 26.0 Å². The Balaban J connectivity index is 1.06. The summed E-state index contributed by atoms with van der Waals surface area (Å²) in [5, 5.41) is 10.4. The molecule has 6 atom stereocenters. The highest BCUT2D eigenvalue weighted by molar-refractivity contribution is 5.52. The summed E-state index contributed by atoms with van der Waals surface area (Å²) >= 11 is 0. The lowest BCUT2D eigenvalue weighted by Crippen LogP contribution is -2.91. The van der Waals surface area contributed by atoms with Gasteiger partial charge in [-0.25, -0.2) is 0 Å². The van der Waals surface area contributed by atoms with Gasteiger partial charge >= 0.3 is 0 Å². The smallest absolute Gasteiger partial charge is 0.119 e. The van der Waals surface area contributed by atoms with Gasteiger partial charge in [0.05, 0.1) is 0 Å². The van der Waals surface area contributed by atoms with Crippen molar-refractivity contribution in [3.05, 3.63) is 29.8 Å². The SMILES string of the molecule is CCC12CC3CC4CC(c5ccc(OCC(O)CN6CCC(C)CC6)cc5)(C1)C342. The molecule has 0 aromatic heterocycles. The molecule has 4 saturated carbocycles. The van der Waals surface area contributed by atoms with Crippen LogP contribution in [0.25, 0.3) is 0 Å². The summed E-state index contributed by atoms with van der Waals surface area (Å²) in [5.41, 5.74) is 3.46. The van der Waals surface area contributed by atoms with E-state index >= 15 is 0 Å². The molecule has 3 heteroatoms. The average molecular weight is 396 g/mol. The Morgan fingerprint density at radius 1 is 1.14 bits per heavy atom. The Labute approximate surface area is 175 Å². The Morgan fingerprint density at radius 3 is 2.52 bits per heavy atom. The molecular formula is C26H37NO2. The highest BCUT2D eigenvalue weighted by Crippen LogP contribution is 2.98. The molecule has 1 spiro atoms. The molecule has 0 bridgehead atoms. The largest absolute Gasteiger partial charge is 0.491 e. The number of benzene rings is 1. The molecule has 1 aromatic carbocycles. The molecule has 6 unspecified atom stereocenters. The van der Waals surface area contributed by atoms with Crippen molar-refractivity contribution >= 4 is 0 Å². The summed E-state index contributed by atoms with van der Waals surface area (Å²) in [6, 6.07) is 8.99. The Kier molecular flexibility index (Phi) is 4.02. The molecule has 1 N–H and O–H groups in total. The average Bonchev–Trinajstić information content (AvgIpc) is 2.67. The summed E-state index contributed by atoms with van der Waals surface area (Å²) in [6.45, 7) is 8.10.